The molecule has 156 valence electrons. The van der Waals surface area contributed by atoms with Crippen molar-refractivity contribution in [3.8, 4) is 5.75 Å². The van der Waals surface area contributed by atoms with Gasteiger partial charge in [0, 0.05) is 6.54 Å². The largest absolute Gasteiger partial charge is 0.492 e. The average molecular weight is 409 g/mol. The molecule has 8 nitrogen and oxygen atoms in total. The van der Waals surface area contributed by atoms with E-state index >= 15 is 0 Å². The Bertz CT molecular complexity index is 1110. The molecule has 0 spiro atoms. The number of aromatic nitrogens is 2. The van der Waals surface area contributed by atoms with Gasteiger partial charge in [-0.25, -0.2) is 9.78 Å². The molecule has 3 rings (SSSR count). The summed E-state index contributed by atoms with van der Waals surface area (Å²) in [5.41, 5.74) is 1.61. The topological polar surface area (TPSA) is 99.5 Å². The minimum atomic E-state index is -0.638. The van der Waals surface area contributed by atoms with Crippen LogP contribution in [0.25, 0.3) is 11.0 Å². The first-order chi connectivity index (χ1) is 14.5. The van der Waals surface area contributed by atoms with Crippen molar-refractivity contribution in [1.82, 2.24) is 14.9 Å². The highest BCUT2D eigenvalue weighted by Crippen LogP contribution is 2.14. The number of para-hydroxylation sites is 1. The van der Waals surface area contributed by atoms with Gasteiger partial charge in [0.2, 0.25) is 0 Å². The molecule has 3 aromatic rings. The van der Waals surface area contributed by atoms with Crippen LogP contribution in [0.1, 0.15) is 23.0 Å². The standard InChI is InChI=1S/C22H23N3O5/c1-3-25-19-10-9-16(13-18(19)24-15(2)21(25)27)22(28)30-14-20(26)23-11-12-29-17-7-5-4-6-8-17/h4-10,13H,3,11-12,14H2,1-2H3,(H,23,26). The number of carbonyl (C=O) groups is 2. The van der Waals surface area contributed by atoms with Crippen molar-refractivity contribution >= 4 is 22.9 Å². The van der Waals surface area contributed by atoms with E-state index in [2.05, 4.69) is 10.3 Å². The minimum absolute atomic E-state index is 0.159. The van der Waals surface area contributed by atoms with E-state index in [4.69, 9.17) is 9.47 Å². The molecule has 0 aliphatic carbocycles. The monoisotopic (exact) mass is 409 g/mol. The van der Waals surface area contributed by atoms with Crippen LogP contribution in [0.15, 0.2) is 53.3 Å². The molecule has 30 heavy (non-hydrogen) atoms. The smallest absolute Gasteiger partial charge is 0.338 e. The van der Waals surface area contributed by atoms with E-state index in [0.717, 1.165) is 0 Å². The number of nitrogens with zero attached hydrogens (tertiary/aromatic N) is 2. The van der Waals surface area contributed by atoms with Gasteiger partial charge in [-0.1, -0.05) is 18.2 Å². The molecule has 0 aliphatic heterocycles. The molecule has 0 saturated carbocycles. The fraction of sp³-hybridized carbons (Fsp3) is 0.273. The summed E-state index contributed by atoms with van der Waals surface area (Å²) in [4.78, 5) is 40.6. The van der Waals surface area contributed by atoms with Crippen molar-refractivity contribution in [2.45, 2.75) is 20.4 Å². The maximum absolute atomic E-state index is 12.3. The molecular weight excluding hydrogens is 386 g/mol. The SMILES string of the molecule is CCn1c(=O)c(C)nc2cc(C(=O)OCC(=O)NCCOc3ccccc3)ccc21. The number of fused-ring (bicyclic) bond motifs is 1. The summed E-state index contributed by atoms with van der Waals surface area (Å²) in [6, 6.07) is 14.0. The van der Waals surface area contributed by atoms with Crippen molar-refractivity contribution in [3.05, 3.63) is 70.1 Å². The van der Waals surface area contributed by atoms with E-state index in [1.165, 1.54) is 0 Å². The Morgan fingerprint density at radius 1 is 1.13 bits per heavy atom. The molecule has 0 bridgehead atoms. The van der Waals surface area contributed by atoms with E-state index in [1.807, 2.05) is 37.3 Å². The third-order valence-corrected chi connectivity index (χ3v) is 4.43. The highest BCUT2D eigenvalue weighted by Gasteiger charge is 2.13. The van der Waals surface area contributed by atoms with Crippen molar-refractivity contribution in [2.75, 3.05) is 19.8 Å². The Hall–Kier alpha value is -3.68. The Balaban J connectivity index is 1.53. The van der Waals surface area contributed by atoms with Gasteiger partial charge in [0.05, 0.1) is 23.1 Å². The Labute approximate surface area is 173 Å². The molecule has 1 amide bonds. The maximum Gasteiger partial charge on any atom is 0.338 e. The lowest BCUT2D eigenvalue weighted by molar-refractivity contribution is -0.124. The zero-order valence-electron chi connectivity index (χ0n) is 16.9. The molecule has 0 unspecified atom stereocenters. The number of hydrogen-bond acceptors (Lipinski definition) is 6. The second-order valence-electron chi connectivity index (χ2n) is 6.54. The lowest BCUT2D eigenvalue weighted by atomic mass is 10.2. The van der Waals surface area contributed by atoms with Crippen molar-refractivity contribution in [2.24, 2.45) is 0 Å². The van der Waals surface area contributed by atoms with Crippen molar-refractivity contribution in [1.29, 1.82) is 0 Å². The fourth-order valence-corrected chi connectivity index (χ4v) is 2.96. The van der Waals surface area contributed by atoms with Crippen LogP contribution in [0, 0.1) is 6.92 Å². The van der Waals surface area contributed by atoms with Gasteiger partial charge in [0.15, 0.2) is 6.61 Å². The van der Waals surface area contributed by atoms with Crippen LogP contribution >= 0.6 is 0 Å². The van der Waals surface area contributed by atoms with Crippen LogP contribution < -0.4 is 15.6 Å². The van der Waals surface area contributed by atoms with Crippen LogP contribution in [-0.2, 0) is 16.1 Å². The molecule has 0 atom stereocenters. The van der Waals surface area contributed by atoms with E-state index < -0.39 is 18.5 Å². The number of carbonyl (C=O) groups excluding carboxylic acids is 2. The fourth-order valence-electron chi connectivity index (χ4n) is 2.96. The van der Waals surface area contributed by atoms with Crippen molar-refractivity contribution < 1.29 is 19.1 Å². The zero-order valence-corrected chi connectivity index (χ0v) is 16.9. The highest BCUT2D eigenvalue weighted by atomic mass is 16.5. The second-order valence-corrected chi connectivity index (χ2v) is 6.54. The molecule has 0 saturated heterocycles. The number of ether oxygens (including phenoxy) is 2. The predicted molar refractivity (Wildman–Crippen MR) is 112 cm³/mol. The van der Waals surface area contributed by atoms with Gasteiger partial charge in [-0.15, -0.1) is 0 Å². The second kappa shape index (κ2) is 9.69. The Morgan fingerprint density at radius 3 is 2.63 bits per heavy atom. The summed E-state index contributed by atoms with van der Waals surface area (Å²) < 4.78 is 12.1. The Kier molecular flexibility index (Phi) is 6.79. The number of aryl methyl sites for hydroxylation is 2. The van der Waals surface area contributed by atoms with Gasteiger partial charge in [-0.2, -0.15) is 0 Å². The van der Waals surface area contributed by atoms with E-state index in [1.54, 1.807) is 29.7 Å². The number of hydrogen-bond donors (Lipinski definition) is 1. The molecule has 1 N–H and O–H groups in total. The predicted octanol–water partition coefficient (Wildman–Crippen LogP) is 2.08. The van der Waals surface area contributed by atoms with Gasteiger partial charge in [-0.3, -0.25) is 9.59 Å². The lowest BCUT2D eigenvalue weighted by Gasteiger charge is -2.10. The first-order valence-electron chi connectivity index (χ1n) is 9.62. The summed E-state index contributed by atoms with van der Waals surface area (Å²) in [5, 5.41) is 2.63. The first kappa shape index (κ1) is 21.0. The molecule has 0 aliphatic rings. The first-order valence-corrected chi connectivity index (χ1v) is 9.62. The van der Waals surface area contributed by atoms with Gasteiger partial charge >= 0.3 is 5.97 Å². The van der Waals surface area contributed by atoms with Gasteiger partial charge in [0.1, 0.15) is 18.1 Å². The number of nitrogens with one attached hydrogen (secondary N) is 1. The molecule has 1 heterocycles. The number of esters is 1. The van der Waals surface area contributed by atoms with Crippen LogP contribution in [0.5, 0.6) is 5.75 Å². The van der Waals surface area contributed by atoms with Crippen LogP contribution in [0.2, 0.25) is 0 Å². The molecule has 0 radical (unpaired) electrons. The summed E-state index contributed by atoms with van der Waals surface area (Å²) in [6.07, 6.45) is 0. The number of amides is 1. The molecule has 8 heteroatoms. The van der Waals surface area contributed by atoms with E-state index in [-0.39, 0.29) is 11.1 Å². The molecular formula is C22H23N3O5. The maximum atomic E-state index is 12.3. The van der Waals surface area contributed by atoms with E-state index in [0.29, 0.717) is 42.2 Å². The zero-order chi connectivity index (χ0) is 21.5. The molecule has 2 aromatic carbocycles. The minimum Gasteiger partial charge on any atom is -0.492 e. The lowest BCUT2D eigenvalue weighted by Crippen LogP contribution is -2.32. The third-order valence-electron chi connectivity index (χ3n) is 4.43. The van der Waals surface area contributed by atoms with Gasteiger partial charge in [-0.05, 0) is 44.2 Å². The summed E-state index contributed by atoms with van der Waals surface area (Å²) >= 11 is 0. The molecule has 0 fully saturated rings. The molecule has 1 aromatic heterocycles. The quantitative estimate of drug-likeness (QED) is 0.452. The van der Waals surface area contributed by atoms with Gasteiger partial charge in [0.25, 0.3) is 11.5 Å². The van der Waals surface area contributed by atoms with E-state index in [9.17, 15) is 14.4 Å². The van der Waals surface area contributed by atoms with Crippen LogP contribution in [0.4, 0.5) is 0 Å². The van der Waals surface area contributed by atoms with Gasteiger partial charge < -0.3 is 19.4 Å². The number of rotatable bonds is 8. The Morgan fingerprint density at radius 2 is 1.90 bits per heavy atom. The highest BCUT2D eigenvalue weighted by molar-refractivity contribution is 5.94. The summed E-state index contributed by atoms with van der Waals surface area (Å²) in [7, 11) is 0. The van der Waals surface area contributed by atoms with Crippen LogP contribution in [0.3, 0.4) is 0 Å². The average Bonchev–Trinajstić information content (AvgIpc) is 2.76. The summed E-state index contributed by atoms with van der Waals surface area (Å²) in [5.74, 6) is -0.345. The van der Waals surface area contributed by atoms with Crippen molar-refractivity contribution in [3.63, 3.8) is 0 Å². The van der Waals surface area contributed by atoms with Crippen LogP contribution in [-0.4, -0.2) is 41.2 Å². The summed E-state index contributed by atoms with van der Waals surface area (Å²) in [6.45, 7) is 4.19. The third kappa shape index (κ3) is 5.02. The number of benzene rings is 2. The normalized spacial score (nSPS) is 10.6.